The quantitative estimate of drug-likeness (QED) is 0.348. The third-order valence-electron chi connectivity index (χ3n) is 4.43. The molecule has 3 rings (SSSR count). The first-order valence-electron chi connectivity index (χ1n) is 10.3. The summed E-state index contributed by atoms with van der Waals surface area (Å²) in [6.45, 7) is 5.73. The Morgan fingerprint density at radius 3 is 2.30 bits per heavy atom. The molecule has 0 atom stereocenters. The number of aryl methyl sites for hydroxylation is 1. The number of benzene rings is 3. The van der Waals surface area contributed by atoms with Gasteiger partial charge in [-0.2, -0.15) is 0 Å². The minimum Gasteiger partial charge on any atom is -0.490 e. The van der Waals surface area contributed by atoms with Crippen LogP contribution in [0.3, 0.4) is 0 Å². The van der Waals surface area contributed by atoms with Gasteiger partial charge in [-0.25, -0.2) is 0 Å². The highest BCUT2D eigenvalue weighted by molar-refractivity contribution is 9.10. The minimum atomic E-state index is -0.405. The third kappa shape index (κ3) is 7.13. The Kier molecular flexibility index (Phi) is 8.19. The van der Waals surface area contributed by atoms with E-state index in [1.807, 2.05) is 45.0 Å². The third-order valence-corrected chi connectivity index (χ3v) is 5.13. The van der Waals surface area contributed by atoms with Crippen LogP contribution >= 0.6 is 28.1 Å². The summed E-state index contributed by atoms with van der Waals surface area (Å²) in [6, 6.07) is 19.6. The Labute approximate surface area is 206 Å². The van der Waals surface area contributed by atoms with E-state index in [4.69, 9.17) is 17.0 Å². The first-order chi connectivity index (χ1) is 15.7. The molecule has 0 aliphatic heterocycles. The zero-order valence-electron chi connectivity index (χ0n) is 18.4. The lowest BCUT2D eigenvalue weighted by Gasteiger charge is -2.15. The molecule has 8 heteroatoms. The van der Waals surface area contributed by atoms with Crippen molar-refractivity contribution < 1.29 is 14.3 Å². The first kappa shape index (κ1) is 24.4. The summed E-state index contributed by atoms with van der Waals surface area (Å²) in [5, 5.41) is 8.59. The van der Waals surface area contributed by atoms with Gasteiger partial charge in [0.2, 0.25) is 0 Å². The van der Waals surface area contributed by atoms with Crippen molar-refractivity contribution in [2.75, 3.05) is 10.6 Å². The predicted molar refractivity (Wildman–Crippen MR) is 139 cm³/mol. The van der Waals surface area contributed by atoms with Gasteiger partial charge in [0.15, 0.2) is 5.11 Å². The summed E-state index contributed by atoms with van der Waals surface area (Å²) in [7, 11) is 0. The number of carbonyl (C=O) groups is 2. The molecule has 0 unspecified atom stereocenters. The summed E-state index contributed by atoms with van der Waals surface area (Å²) in [5.74, 6) is -0.190. The van der Waals surface area contributed by atoms with E-state index in [0.29, 0.717) is 22.6 Å². The summed E-state index contributed by atoms with van der Waals surface area (Å²) >= 11 is 8.69. The van der Waals surface area contributed by atoms with Gasteiger partial charge in [-0.15, -0.1) is 0 Å². The molecule has 6 nitrogen and oxygen atoms in total. The zero-order chi connectivity index (χ0) is 24.0. The highest BCUT2D eigenvalue weighted by Gasteiger charge is 2.16. The standard InChI is InChI=1S/C25H24BrN3O3S/c1-15(2)32-22-11-10-18(26)14-21(22)24(31)29-25(33)28-20-9-5-7-17(13-20)23(30)27-19-8-4-6-16(3)12-19/h4-15H,1-3H3,(H,27,30)(H2,28,29,31,33). The van der Waals surface area contributed by atoms with Gasteiger partial charge < -0.3 is 15.4 Å². The fourth-order valence-corrected chi connectivity index (χ4v) is 3.61. The monoisotopic (exact) mass is 525 g/mol. The van der Waals surface area contributed by atoms with Crippen molar-refractivity contribution in [1.82, 2.24) is 5.32 Å². The summed E-state index contributed by atoms with van der Waals surface area (Å²) in [6.07, 6.45) is -0.0866. The SMILES string of the molecule is Cc1cccc(NC(=O)c2cccc(NC(=S)NC(=O)c3cc(Br)ccc3OC(C)C)c2)c1. The molecule has 0 saturated heterocycles. The van der Waals surface area contributed by atoms with Crippen molar-refractivity contribution in [2.45, 2.75) is 26.9 Å². The maximum atomic E-state index is 12.8. The minimum absolute atomic E-state index is 0.0866. The zero-order valence-corrected chi connectivity index (χ0v) is 20.8. The smallest absolute Gasteiger partial charge is 0.261 e. The van der Waals surface area contributed by atoms with Crippen LogP contribution in [0.2, 0.25) is 0 Å². The molecule has 2 amide bonds. The van der Waals surface area contributed by atoms with E-state index in [2.05, 4.69) is 31.9 Å². The molecular formula is C25H24BrN3O3S. The van der Waals surface area contributed by atoms with Crippen LogP contribution in [0.1, 0.15) is 40.1 Å². The highest BCUT2D eigenvalue weighted by Crippen LogP contribution is 2.24. The normalized spacial score (nSPS) is 10.5. The Morgan fingerprint density at radius 1 is 0.909 bits per heavy atom. The van der Waals surface area contributed by atoms with Crippen LogP contribution in [-0.4, -0.2) is 23.0 Å². The van der Waals surface area contributed by atoms with E-state index in [0.717, 1.165) is 15.7 Å². The molecule has 0 aromatic heterocycles. The fraction of sp³-hybridized carbons (Fsp3) is 0.160. The Bertz CT molecular complexity index is 1200. The van der Waals surface area contributed by atoms with Crippen molar-refractivity contribution in [3.05, 3.63) is 87.9 Å². The van der Waals surface area contributed by atoms with Crippen molar-refractivity contribution >= 4 is 56.4 Å². The van der Waals surface area contributed by atoms with E-state index in [9.17, 15) is 9.59 Å². The number of halogens is 1. The van der Waals surface area contributed by atoms with E-state index in [-0.39, 0.29) is 17.1 Å². The topological polar surface area (TPSA) is 79.5 Å². The maximum absolute atomic E-state index is 12.8. The van der Waals surface area contributed by atoms with Gasteiger partial charge in [-0.05, 0) is 87.1 Å². The molecule has 3 N–H and O–H groups in total. The second-order valence-corrected chi connectivity index (χ2v) is 8.94. The number of thiocarbonyl (C=S) groups is 1. The molecule has 0 fully saturated rings. The largest absolute Gasteiger partial charge is 0.490 e. The second-order valence-electron chi connectivity index (χ2n) is 7.62. The van der Waals surface area contributed by atoms with Crippen molar-refractivity contribution in [3.8, 4) is 5.75 Å². The summed E-state index contributed by atoms with van der Waals surface area (Å²) in [4.78, 5) is 25.4. The fourth-order valence-electron chi connectivity index (χ4n) is 3.03. The average molecular weight is 526 g/mol. The number of carbonyl (C=O) groups excluding carboxylic acids is 2. The maximum Gasteiger partial charge on any atom is 0.261 e. The molecule has 170 valence electrons. The number of nitrogens with one attached hydrogen (secondary N) is 3. The van der Waals surface area contributed by atoms with Gasteiger partial charge in [-0.1, -0.05) is 34.1 Å². The number of hydrogen-bond acceptors (Lipinski definition) is 4. The lowest BCUT2D eigenvalue weighted by Crippen LogP contribution is -2.34. The molecule has 0 spiro atoms. The molecule has 0 radical (unpaired) electrons. The van der Waals surface area contributed by atoms with Crippen LogP contribution in [0.4, 0.5) is 11.4 Å². The molecule has 0 aliphatic rings. The Balaban J connectivity index is 1.67. The van der Waals surface area contributed by atoms with Crippen LogP contribution in [0.25, 0.3) is 0 Å². The first-order valence-corrected chi connectivity index (χ1v) is 11.5. The van der Waals surface area contributed by atoms with Crippen LogP contribution in [0, 0.1) is 6.92 Å². The summed E-state index contributed by atoms with van der Waals surface area (Å²) < 4.78 is 6.48. The molecule has 0 bridgehead atoms. The van der Waals surface area contributed by atoms with E-state index < -0.39 is 5.91 Å². The molecule has 33 heavy (non-hydrogen) atoms. The Morgan fingerprint density at radius 2 is 1.61 bits per heavy atom. The molecule has 0 saturated carbocycles. The molecule has 0 heterocycles. The average Bonchev–Trinajstić information content (AvgIpc) is 2.74. The molecule has 3 aromatic rings. The van der Waals surface area contributed by atoms with Crippen LogP contribution in [0.15, 0.2) is 71.2 Å². The number of ether oxygens (including phenoxy) is 1. The number of amides is 2. The van der Waals surface area contributed by atoms with Gasteiger partial charge >= 0.3 is 0 Å². The lowest BCUT2D eigenvalue weighted by atomic mass is 10.1. The number of rotatable bonds is 6. The van der Waals surface area contributed by atoms with E-state index in [1.165, 1.54) is 0 Å². The van der Waals surface area contributed by atoms with Crippen LogP contribution < -0.4 is 20.7 Å². The van der Waals surface area contributed by atoms with Gasteiger partial charge in [0.1, 0.15) is 5.75 Å². The van der Waals surface area contributed by atoms with Crippen LogP contribution in [-0.2, 0) is 0 Å². The van der Waals surface area contributed by atoms with Gasteiger partial charge in [0.25, 0.3) is 11.8 Å². The van der Waals surface area contributed by atoms with Gasteiger partial charge in [-0.3, -0.25) is 14.9 Å². The van der Waals surface area contributed by atoms with Crippen molar-refractivity contribution in [1.29, 1.82) is 0 Å². The van der Waals surface area contributed by atoms with Crippen molar-refractivity contribution in [3.63, 3.8) is 0 Å². The van der Waals surface area contributed by atoms with Gasteiger partial charge in [0, 0.05) is 21.4 Å². The molecular weight excluding hydrogens is 502 g/mol. The highest BCUT2D eigenvalue weighted by atomic mass is 79.9. The Hall–Kier alpha value is -3.23. The van der Waals surface area contributed by atoms with E-state index >= 15 is 0 Å². The molecule has 0 aliphatic carbocycles. The second kappa shape index (κ2) is 11.1. The predicted octanol–water partition coefficient (Wildman–Crippen LogP) is 5.92. The number of hydrogen-bond donors (Lipinski definition) is 3. The lowest BCUT2D eigenvalue weighted by molar-refractivity contribution is 0.0970. The van der Waals surface area contributed by atoms with Gasteiger partial charge in [0.05, 0.1) is 11.7 Å². The van der Waals surface area contributed by atoms with Crippen LogP contribution in [0.5, 0.6) is 5.75 Å². The summed E-state index contributed by atoms with van der Waals surface area (Å²) in [5.41, 5.74) is 3.15. The molecule has 3 aromatic carbocycles. The van der Waals surface area contributed by atoms with Crippen molar-refractivity contribution in [2.24, 2.45) is 0 Å². The van der Waals surface area contributed by atoms with E-state index in [1.54, 1.807) is 42.5 Å². The number of anilines is 2.